The van der Waals surface area contributed by atoms with Gasteiger partial charge in [0.05, 0.1) is 19.0 Å². The summed E-state index contributed by atoms with van der Waals surface area (Å²) in [5.41, 5.74) is 0. The van der Waals surface area contributed by atoms with Gasteiger partial charge >= 0.3 is 6.16 Å². The molecule has 1 heterocycles. The Balaban J connectivity index is 2.57. The van der Waals surface area contributed by atoms with Gasteiger partial charge in [0.15, 0.2) is 0 Å². The molecule has 6 heteroatoms. The fraction of sp³-hybridized carbons (Fsp3) is 0.733. The Morgan fingerprint density at radius 1 is 1.52 bits per heavy atom. The van der Waals surface area contributed by atoms with Crippen LogP contribution in [0.1, 0.15) is 26.2 Å². The van der Waals surface area contributed by atoms with E-state index < -0.39 is 12.3 Å². The van der Waals surface area contributed by atoms with Gasteiger partial charge in [-0.2, -0.15) is 0 Å². The molecule has 1 aliphatic heterocycles. The Labute approximate surface area is 126 Å². The van der Waals surface area contributed by atoms with E-state index in [-0.39, 0.29) is 11.8 Å². The molecule has 0 aromatic carbocycles. The van der Waals surface area contributed by atoms with Crippen molar-refractivity contribution >= 4 is 12.1 Å². The van der Waals surface area contributed by atoms with Gasteiger partial charge in [-0.25, -0.2) is 4.79 Å². The van der Waals surface area contributed by atoms with Crippen molar-refractivity contribution in [3.8, 4) is 11.8 Å². The lowest BCUT2D eigenvalue weighted by molar-refractivity contribution is -0.133. The molecule has 1 fully saturated rings. The van der Waals surface area contributed by atoms with Crippen LogP contribution in [0, 0.1) is 17.8 Å². The van der Waals surface area contributed by atoms with Crippen LogP contribution in [-0.4, -0.2) is 66.8 Å². The maximum atomic E-state index is 12.3. The van der Waals surface area contributed by atoms with Gasteiger partial charge < -0.3 is 14.7 Å². The fourth-order valence-corrected chi connectivity index (χ4v) is 2.39. The normalized spacial score (nSPS) is 19.3. The largest absolute Gasteiger partial charge is 0.506 e. The van der Waals surface area contributed by atoms with Crippen molar-refractivity contribution in [1.82, 2.24) is 9.80 Å². The number of amides is 1. The van der Waals surface area contributed by atoms with Crippen LogP contribution in [-0.2, 0) is 9.53 Å². The minimum atomic E-state index is -1.31. The van der Waals surface area contributed by atoms with Gasteiger partial charge in [0.25, 0.3) is 0 Å². The molecule has 1 unspecified atom stereocenters. The summed E-state index contributed by atoms with van der Waals surface area (Å²) >= 11 is 0. The molecule has 1 rings (SSSR count). The van der Waals surface area contributed by atoms with E-state index in [9.17, 15) is 9.59 Å². The molecule has 6 nitrogen and oxygen atoms in total. The maximum Gasteiger partial charge on any atom is 0.506 e. The van der Waals surface area contributed by atoms with E-state index in [2.05, 4.69) is 11.8 Å². The first-order valence-electron chi connectivity index (χ1n) is 7.24. The quantitative estimate of drug-likeness (QED) is 0.590. The highest BCUT2D eigenvalue weighted by Crippen LogP contribution is 2.26. The summed E-state index contributed by atoms with van der Waals surface area (Å²) < 4.78 is 4.88. The molecule has 0 saturated carbocycles. The van der Waals surface area contributed by atoms with Crippen LogP contribution in [0.15, 0.2) is 0 Å². The SMILES string of the molecule is CCCC(OC(=O)O)[C@H]1CCN(CC#CCN(C)C)C1=O. The third kappa shape index (κ3) is 5.64. The molecule has 0 aliphatic carbocycles. The first-order chi connectivity index (χ1) is 9.95. The molecular weight excluding hydrogens is 272 g/mol. The maximum absolute atomic E-state index is 12.3. The summed E-state index contributed by atoms with van der Waals surface area (Å²) in [6, 6.07) is 0. The number of carbonyl (C=O) groups excluding carboxylic acids is 1. The van der Waals surface area contributed by atoms with Crippen molar-refractivity contribution in [2.45, 2.75) is 32.3 Å². The molecule has 0 aromatic heterocycles. The van der Waals surface area contributed by atoms with Crippen molar-refractivity contribution in [1.29, 1.82) is 0 Å². The Morgan fingerprint density at radius 2 is 2.24 bits per heavy atom. The van der Waals surface area contributed by atoms with Crippen molar-refractivity contribution in [3.63, 3.8) is 0 Å². The van der Waals surface area contributed by atoms with Crippen LogP contribution in [0.25, 0.3) is 0 Å². The second-order valence-electron chi connectivity index (χ2n) is 5.46. The van der Waals surface area contributed by atoms with Gasteiger partial charge in [0.1, 0.15) is 6.10 Å². The molecule has 1 amide bonds. The Hall–Kier alpha value is -1.74. The van der Waals surface area contributed by atoms with Crippen LogP contribution in [0.3, 0.4) is 0 Å². The Bertz CT molecular complexity index is 425. The molecule has 0 bridgehead atoms. The molecule has 0 radical (unpaired) electrons. The predicted molar refractivity (Wildman–Crippen MR) is 78.8 cm³/mol. The number of rotatable bonds is 6. The molecule has 0 spiro atoms. The summed E-state index contributed by atoms with van der Waals surface area (Å²) in [5.74, 6) is 5.56. The summed E-state index contributed by atoms with van der Waals surface area (Å²) in [6.07, 6.45) is 0.129. The van der Waals surface area contributed by atoms with E-state index in [1.807, 2.05) is 25.9 Å². The van der Waals surface area contributed by atoms with Gasteiger partial charge in [-0.15, -0.1) is 0 Å². The first-order valence-corrected chi connectivity index (χ1v) is 7.24. The van der Waals surface area contributed by atoms with E-state index in [1.54, 1.807) is 4.90 Å². The molecule has 2 atom stereocenters. The molecule has 21 heavy (non-hydrogen) atoms. The highest BCUT2D eigenvalue weighted by molar-refractivity contribution is 5.82. The topological polar surface area (TPSA) is 70.1 Å². The van der Waals surface area contributed by atoms with Crippen molar-refractivity contribution in [2.24, 2.45) is 5.92 Å². The van der Waals surface area contributed by atoms with Gasteiger partial charge in [-0.1, -0.05) is 25.2 Å². The van der Waals surface area contributed by atoms with Gasteiger partial charge in [-0.05, 0) is 26.9 Å². The van der Waals surface area contributed by atoms with Crippen molar-refractivity contribution in [3.05, 3.63) is 0 Å². The number of ether oxygens (including phenoxy) is 1. The zero-order valence-electron chi connectivity index (χ0n) is 13.0. The van der Waals surface area contributed by atoms with Crippen LogP contribution in [0.2, 0.25) is 0 Å². The first kappa shape index (κ1) is 17.3. The average molecular weight is 296 g/mol. The van der Waals surface area contributed by atoms with Crippen LogP contribution < -0.4 is 0 Å². The summed E-state index contributed by atoms with van der Waals surface area (Å²) in [7, 11) is 3.87. The number of likely N-dealkylation sites (tertiary alicyclic amines) is 1. The minimum absolute atomic E-state index is 0.0474. The van der Waals surface area contributed by atoms with Gasteiger partial charge in [0.2, 0.25) is 5.91 Å². The highest BCUT2D eigenvalue weighted by Gasteiger charge is 2.38. The number of carboxylic acid groups (broad SMARTS) is 1. The molecule has 0 aromatic rings. The van der Waals surface area contributed by atoms with E-state index in [0.717, 1.165) is 6.42 Å². The second kappa shape index (κ2) is 8.53. The summed E-state index contributed by atoms with van der Waals surface area (Å²) in [6.45, 7) is 3.62. The minimum Gasteiger partial charge on any atom is -0.450 e. The van der Waals surface area contributed by atoms with Crippen molar-refractivity contribution in [2.75, 3.05) is 33.7 Å². The number of carbonyl (C=O) groups is 2. The summed E-state index contributed by atoms with van der Waals surface area (Å²) in [5, 5.41) is 8.77. The second-order valence-corrected chi connectivity index (χ2v) is 5.46. The summed E-state index contributed by atoms with van der Waals surface area (Å²) in [4.78, 5) is 26.7. The third-order valence-corrected chi connectivity index (χ3v) is 3.40. The average Bonchev–Trinajstić information content (AvgIpc) is 2.75. The third-order valence-electron chi connectivity index (χ3n) is 3.40. The molecule has 1 saturated heterocycles. The Morgan fingerprint density at radius 3 is 2.81 bits per heavy atom. The van der Waals surface area contributed by atoms with E-state index >= 15 is 0 Å². The predicted octanol–water partition coefficient (Wildman–Crippen LogP) is 1.26. The standard InChI is InChI=1S/C15H24N2O4/c1-4-7-13(21-15(19)20)12-8-11-17(14(12)18)10-6-5-9-16(2)3/h12-13H,4,7-11H2,1-3H3,(H,19,20)/t12-,13?/m1/s1. The molecular formula is C15H24N2O4. The van der Waals surface area contributed by atoms with Crippen molar-refractivity contribution < 1.29 is 19.4 Å². The van der Waals surface area contributed by atoms with Gasteiger partial charge in [0, 0.05) is 6.54 Å². The van der Waals surface area contributed by atoms with Gasteiger partial charge in [-0.3, -0.25) is 9.69 Å². The van der Waals surface area contributed by atoms with Crippen LogP contribution in [0.4, 0.5) is 4.79 Å². The lowest BCUT2D eigenvalue weighted by atomic mass is 9.97. The number of hydrogen-bond donors (Lipinski definition) is 1. The Kier molecular flexibility index (Phi) is 7.03. The molecule has 1 aliphatic rings. The molecule has 118 valence electrons. The lowest BCUT2D eigenvalue weighted by Gasteiger charge is -2.21. The fourth-order valence-electron chi connectivity index (χ4n) is 2.39. The van der Waals surface area contributed by atoms with Crippen LogP contribution in [0.5, 0.6) is 0 Å². The zero-order valence-corrected chi connectivity index (χ0v) is 13.0. The smallest absolute Gasteiger partial charge is 0.450 e. The van der Waals surface area contributed by atoms with E-state index in [0.29, 0.717) is 32.5 Å². The van der Waals surface area contributed by atoms with E-state index in [1.165, 1.54) is 0 Å². The highest BCUT2D eigenvalue weighted by atomic mass is 16.7. The monoisotopic (exact) mass is 296 g/mol. The van der Waals surface area contributed by atoms with E-state index in [4.69, 9.17) is 9.84 Å². The zero-order chi connectivity index (χ0) is 15.8. The lowest BCUT2D eigenvalue weighted by Crippen LogP contribution is -2.34. The number of hydrogen-bond acceptors (Lipinski definition) is 4. The van der Waals surface area contributed by atoms with Crippen LogP contribution >= 0.6 is 0 Å². The number of nitrogens with zero attached hydrogens (tertiary/aromatic N) is 2. The molecule has 1 N–H and O–H groups in total.